The first-order valence-corrected chi connectivity index (χ1v) is 17.1. The molecule has 0 amide bonds. The van der Waals surface area contributed by atoms with Crippen molar-refractivity contribution in [1.82, 2.24) is 9.13 Å². The Morgan fingerprint density at radius 1 is 0.642 bits per heavy atom. The van der Waals surface area contributed by atoms with Crippen molar-refractivity contribution >= 4 is 70.2 Å². The molecule has 5 aromatic rings. The van der Waals surface area contributed by atoms with Crippen LogP contribution in [0.5, 0.6) is 0 Å². The van der Waals surface area contributed by atoms with Gasteiger partial charge in [-0.05, 0) is 60.7 Å². The molecule has 2 heterocycles. The molecule has 6 rings (SSSR count). The van der Waals surface area contributed by atoms with E-state index in [1.165, 1.54) is 60.7 Å². The Hall–Kier alpha value is -5.24. The van der Waals surface area contributed by atoms with Gasteiger partial charge in [0.25, 0.3) is 11.5 Å². The number of rotatable bonds is 9. The van der Waals surface area contributed by atoms with E-state index in [0.717, 1.165) is 16.8 Å². The number of esters is 3. The van der Waals surface area contributed by atoms with Crippen molar-refractivity contribution in [2.24, 2.45) is 0 Å². The van der Waals surface area contributed by atoms with E-state index in [2.05, 4.69) is 0 Å². The third-order valence-corrected chi connectivity index (χ3v) is 9.07. The molecular formula is C37H24Cl4N2O10. The Kier molecular flexibility index (Phi) is 11.5. The Labute approximate surface area is 319 Å². The van der Waals surface area contributed by atoms with Crippen LogP contribution in [0, 0.1) is 0 Å². The SMILES string of the molecule is O=C(O[C@@H]1[C@H](OC(=O)c2ccccc2)[C@@H](COC(=O)c2ccc(Cl)cc2Cl)O[C@@H]1n1ccc(=O)n(C(=O)c2ccc(Cl)cc2Cl)c1=O)c1ccccc1. The second-order valence-corrected chi connectivity index (χ2v) is 13.1. The predicted octanol–water partition coefficient (Wildman–Crippen LogP) is 6.52. The molecule has 0 bridgehead atoms. The summed E-state index contributed by atoms with van der Waals surface area (Å²) in [6.07, 6.45) is -5.21. The van der Waals surface area contributed by atoms with Gasteiger partial charge in [0.05, 0.1) is 32.3 Å². The predicted molar refractivity (Wildman–Crippen MR) is 193 cm³/mol. The zero-order valence-corrected chi connectivity index (χ0v) is 29.9. The smallest absolute Gasteiger partial charge is 0.340 e. The van der Waals surface area contributed by atoms with Crippen molar-refractivity contribution in [3.63, 3.8) is 0 Å². The molecule has 4 aromatic carbocycles. The summed E-state index contributed by atoms with van der Waals surface area (Å²) in [4.78, 5) is 80.7. The molecule has 1 aliphatic rings. The van der Waals surface area contributed by atoms with Crippen LogP contribution in [0.1, 0.15) is 47.7 Å². The summed E-state index contributed by atoms with van der Waals surface area (Å²) < 4.78 is 24.6. The molecule has 0 N–H and O–H groups in total. The Bertz CT molecular complexity index is 2330. The van der Waals surface area contributed by atoms with Crippen LogP contribution in [-0.2, 0) is 18.9 Å². The maximum atomic E-state index is 14.0. The van der Waals surface area contributed by atoms with Gasteiger partial charge >= 0.3 is 23.6 Å². The van der Waals surface area contributed by atoms with Gasteiger partial charge in [0.2, 0.25) is 0 Å². The van der Waals surface area contributed by atoms with E-state index in [1.54, 1.807) is 36.4 Å². The minimum atomic E-state index is -1.66. The van der Waals surface area contributed by atoms with Crippen LogP contribution in [0.4, 0.5) is 0 Å². The highest BCUT2D eigenvalue weighted by Crippen LogP contribution is 2.35. The molecular weight excluding hydrogens is 774 g/mol. The molecule has 0 unspecified atom stereocenters. The zero-order chi connectivity index (χ0) is 37.8. The molecule has 4 atom stereocenters. The van der Waals surface area contributed by atoms with Gasteiger partial charge in [-0.1, -0.05) is 82.8 Å². The number of carbonyl (C=O) groups excluding carboxylic acids is 4. The molecule has 270 valence electrons. The van der Waals surface area contributed by atoms with E-state index in [-0.39, 0.29) is 42.3 Å². The van der Waals surface area contributed by atoms with E-state index in [4.69, 9.17) is 65.4 Å². The fourth-order valence-electron chi connectivity index (χ4n) is 5.41. The fourth-order valence-corrected chi connectivity index (χ4v) is 6.39. The van der Waals surface area contributed by atoms with Gasteiger partial charge in [-0.3, -0.25) is 14.2 Å². The molecule has 0 spiro atoms. The van der Waals surface area contributed by atoms with Crippen molar-refractivity contribution in [1.29, 1.82) is 0 Å². The van der Waals surface area contributed by atoms with Crippen LogP contribution in [-0.4, -0.2) is 57.9 Å². The van der Waals surface area contributed by atoms with Gasteiger partial charge in [0.15, 0.2) is 18.4 Å². The second kappa shape index (κ2) is 16.2. The third kappa shape index (κ3) is 8.22. The quantitative estimate of drug-likeness (QED) is 0.119. The Morgan fingerprint density at radius 3 is 1.72 bits per heavy atom. The molecule has 1 aromatic heterocycles. The van der Waals surface area contributed by atoms with Crippen LogP contribution in [0.25, 0.3) is 0 Å². The highest BCUT2D eigenvalue weighted by Gasteiger charge is 2.52. The molecule has 0 radical (unpaired) electrons. The van der Waals surface area contributed by atoms with Crippen LogP contribution in [0.3, 0.4) is 0 Å². The summed E-state index contributed by atoms with van der Waals surface area (Å²) in [6.45, 7) is -0.617. The summed E-state index contributed by atoms with van der Waals surface area (Å²) in [5.74, 6) is -3.77. The van der Waals surface area contributed by atoms with E-state index < -0.39 is 66.2 Å². The van der Waals surface area contributed by atoms with Gasteiger partial charge in [-0.2, -0.15) is 4.57 Å². The van der Waals surface area contributed by atoms with Crippen LogP contribution >= 0.6 is 46.4 Å². The molecule has 0 saturated carbocycles. The van der Waals surface area contributed by atoms with Gasteiger partial charge in [-0.25, -0.2) is 19.2 Å². The standard InChI is InChI=1S/C37H24Cl4N2O10/c38-22-11-13-24(26(40)17-22)32(45)43-29(44)15-16-42(37(43)49)33-31(53-35(47)21-9-5-2-6-10-21)30(52-34(46)20-7-3-1-4-8-20)28(51-33)19-50-36(48)25-14-12-23(39)18-27(25)41/h1-18,28,30-31,33H,19H2/t28-,30-,31-,33+/m1/s1. The van der Waals surface area contributed by atoms with E-state index in [9.17, 15) is 28.8 Å². The molecule has 1 saturated heterocycles. The van der Waals surface area contributed by atoms with Gasteiger partial charge in [0.1, 0.15) is 12.7 Å². The molecule has 16 heteroatoms. The molecule has 53 heavy (non-hydrogen) atoms. The van der Waals surface area contributed by atoms with Gasteiger partial charge in [-0.15, -0.1) is 0 Å². The topological polar surface area (TPSA) is 149 Å². The van der Waals surface area contributed by atoms with Crippen molar-refractivity contribution in [2.45, 2.75) is 24.5 Å². The van der Waals surface area contributed by atoms with Gasteiger partial charge < -0.3 is 18.9 Å². The highest BCUT2D eigenvalue weighted by molar-refractivity contribution is 6.37. The van der Waals surface area contributed by atoms with Crippen molar-refractivity contribution in [3.05, 3.63) is 173 Å². The summed E-state index contributed by atoms with van der Waals surface area (Å²) in [5, 5.41) is 0.335. The number of halogens is 4. The number of hydrogen-bond donors (Lipinski definition) is 0. The van der Waals surface area contributed by atoms with Crippen LogP contribution in [0.15, 0.2) is 119 Å². The summed E-state index contributed by atoms with van der Waals surface area (Å²) in [5.41, 5.74) is -2.29. The molecule has 0 aliphatic carbocycles. The first-order valence-electron chi connectivity index (χ1n) is 15.6. The normalized spacial score (nSPS) is 17.9. The lowest BCUT2D eigenvalue weighted by Gasteiger charge is -2.25. The van der Waals surface area contributed by atoms with Crippen molar-refractivity contribution in [3.8, 4) is 0 Å². The average molecular weight is 798 g/mol. The van der Waals surface area contributed by atoms with E-state index in [1.807, 2.05) is 0 Å². The number of nitrogens with zero attached hydrogens (tertiary/aromatic N) is 2. The lowest BCUT2D eigenvalue weighted by molar-refractivity contribution is -0.0643. The van der Waals surface area contributed by atoms with Gasteiger partial charge in [0, 0.05) is 22.3 Å². The first-order chi connectivity index (χ1) is 25.4. The molecule has 1 fully saturated rings. The number of ether oxygens (including phenoxy) is 4. The minimum Gasteiger partial charge on any atom is -0.459 e. The zero-order valence-electron chi connectivity index (χ0n) is 26.9. The number of benzene rings is 4. The fraction of sp³-hybridized carbons (Fsp3) is 0.135. The number of hydrogen-bond acceptors (Lipinski definition) is 10. The Balaban J connectivity index is 1.42. The first kappa shape index (κ1) is 37.5. The van der Waals surface area contributed by atoms with Crippen molar-refractivity contribution in [2.75, 3.05) is 6.61 Å². The minimum absolute atomic E-state index is 0.00583. The maximum absolute atomic E-state index is 14.0. The largest absolute Gasteiger partial charge is 0.459 e. The number of aromatic nitrogens is 2. The number of carbonyl (C=O) groups is 4. The lowest BCUT2D eigenvalue weighted by Crippen LogP contribution is -2.47. The monoisotopic (exact) mass is 796 g/mol. The second-order valence-electron chi connectivity index (χ2n) is 11.4. The lowest BCUT2D eigenvalue weighted by atomic mass is 10.1. The third-order valence-electron chi connectivity index (χ3n) is 7.97. The van der Waals surface area contributed by atoms with Crippen LogP contribution in [0.2, 0.25) is 20.1 Å². The summed E-state index contributed by atoms with van der Waals surface area (Å²) in [6, 6.07) is 24.5. The summed E-state index contributed by atoms with van der Waals surface area (Å²) >= 11 is 24.4. The molecule has 12 nitrogen and oxygen atoms in total. The average Bonchev–Trinajstić information content (AvgIpc) is 3.46. The maximum Gasteiger partial charge on any atom is 0.340 e. The van der Waals surface area contributed by atoms with E-state index >= 15 is 0 Å². The van der Waals surface area contributed by atoms with E-state index in [0.29, 0.717) is 4.57 Å². The van der Waals surface area contributed by atoms with Crippen molar-refractivity contribution < 1.29 is 38.1 Å². The Morgan fingerprint density at radius 2 is 1.17 bits per heavy atom. The molecule has 1 aliphatic heterocycles. The highest BCUT2D eigenvalue weighted by atomic mass is 35.5. The summed E-state index contributed by atoms with van der Waals surface area (Å²) in [7, 11) is 0. The van der Waals surface area contributed by atoms with Crippen LogP contribution < -0.4 is 11.2 Å².